The molecule has 0 aliphatic carbocycles. The molecule has 118 valence electrons. The van der Waals surface area contributed by atoms with Crippen LogP contribution in [0.5, 0.6) is 0 Å². The molecule has 0 aliphatic rings. The Morgan fingerprint density at radius 2 is 1.81 bits per heavy atom. The topological polar surface area (TPSA) is 38.3 Å². The van der Waals surface area contributed by atoms with Crippen LogP contribution in [0.15, 0.2) is 24.3 Å². The van der Waals surface area contributed by atoms with Crippen molar-refractivity contribution in [1.29, 1.82) is 0 Å². The average molecular weight is 291 g/mol. The molecule has 0 radical (unpaired) electrons. The molecule has 1 rings (SSSR count). The number of benzene rings is 1. The third-order valence-corrected chi connectivity index (χ3v) is 3.52. The molecule has 0 unspecified atom stereocenters. The predicted molar refractivity (Wildman–Crippen MR) is 87.1 cm³/mol. The van der Waals surface area contributed by atoms with E-state index in [9.17, 15) is 4.79 Å². The summed E-state index contributed by atoms with van der Waals surface area (Å²) in [5, 5.41) is 3.35. The maximum absolute atomic E-state index is 12.3. The van der Waals surface area contributed by atoms with E-state index in [1.165, 1.54) is 11.1 Å². The largest absolute Gasteiger partial charge is 0.459 e. The van der Waals surface area contributed by atoms with Gasteiger partial charge in [-0.15, -0.1) is 0 Å². The van der Waals surface area contributed by atoms with Gasteiger partial charge in [0.15, 0.2) is 0 Å². The molecule has 3 nitrogen and oxygen atoms in total. The fourth-order valence-corrected chi connectivity index (χ4v) is 2.05. The molecule has 1 N–H and O–H groups in total. The van der Waals surface area contributed by atoms with E-state index in [0.29, 0.717) is 6.54 Å². The minimum atomic E-state index is -0.450. The van der Waals surface area contributed by atoms with E-state index in [-0.39, 0.29) is 17.9 Å². The summed E-state index contributed by atoms with van der Waals surface area (Å²) in [6, 6.07) is 8.08. The van der Waals surface area contributed by atoms with Crippen molar-refractivity contribution >= 4 is 5.97 Å². The van der Waals surface area contributed by atoms with Crippen LogP contribution >= 0.6 is 0 Å². The first-order valence-electron chi connectivity index (χ1n) is 7.74. The summed E-state index contributed by atoms with van der Waals surface area (Å²) < 4.78 is 5.53. The van der Waals surface area contributed by atoms with Crippen LogP contribution in [0.25, 0.3) is 0 Å². The van der Waals surface area contributed by atoms with Gasteiger partial charge in [-0.25, -0.2) is 0 Å². The Morgan fingerprint density at radius 3 is 2.29 bits per heavy atom. The smallest absolute Gasteiger partial charge is 0.323 e. The number of ether oxygens (including phenoxy) is 1. The molecule has 0 fully saturated rings. The van der Waals surface area contributed by atoms with Gasteiger partial charge in [0.25, 0.3) is 0 Å². The molecule has 0 amide bonds. The number of nitrogens with one attached hydrogen (secondary N) is 1. The fraction of sp³-hybridized carbons (Fsp3) is 0.611. The van der Waals surface area contributed by atoms with Gasteiger partial charge in [-0.3, -0.25) is 4.79 Å². The van der Waals surface area contributed by atoms with Crippen LogP contribution in [0.4, 0.5) is 0 Å². The molecule has 0 saturated carbocycles. The quantitative estimate of drug-likeness (QED) is 0.809. The van der Waals surface area contributed by atoms with Crippen molar-refractivity contribution in [3.63, 3.8) is 0 Å². The maximum atomic E-state index is 12.3. The van der Waals surface area contributed by atoms with Crippen molar-refractivity contribution in [1.82, 2.24) is 5.32 Å². The van der Waals surface area contributed by atoms with Gasteiger partial charge in [0.2, 0.25) is 0 Å². The van der Waals surface area contributed by atoms with Crippen LogP contribution in [0.3, 0.4) is 0 Å². The number of rotatable bonds is 6. The highest BCUT2D eigenvalue weighted by Crippen LogP contribution is 2.15. The van der Waals surface area contributed by atoms with Crippen LogP contribution < -0.4 is 5.32 Å². The van der Waals surface area contributed by atoms with Gasteiger partial charge in [-0.1, -0.05) is 50.1 Å². The summed E-state index contributed by atoms with van der Waals surface area (Å²) in [6.45, 7) is 12.6. The molecule has 2 atom stereocenters. The molecule has 3 heteroatoms. The number of esters is 1. The minimum Gasteiger partial charge on any atom is -0.459 e. The van der Waals surface area contributed by atoms with Crippen molar-refractivity contribution in [2.45, 2.75) is 66.2 Å². The number of carbonyl (C=O) groups excluding carboxylic acids is 1. The summed E-state index contributed by atoms with van der Waals surface area (Å²) in [6.07, 6.45) is 0.935. The Balaban J connectivity index is 2.70. The van der Waals surface area contributed by atoms with Gasteiger partial charge in [-0.2, -0.15) is 0 Å². The van der Waals surface area contributed by atoms with Gasteiger partial charge >= 0.3 is 5.97 Å². The molecule has 0 aromatic heterocycles. The fourth-order valence-electron chi connectivity index (χ4n) is 2.05. The van der Waals surface area contributed by atoms with Crippen LogP contribution in [0.2, 0.25) is 0 Å². The summed E-state index contributed by atoms with van der Waals surface area (Å²) in [5.41, 5.74) is 1.97. The molecule has 1 aromatic carbocycles. The van der Waals surface area contributed by atoms with E-state index in [1.54, 1.807) is 0 Å². The van der Waals surface area contributed by atoms with Gasteiger partial charge in [-0.05, 0) is 39.2 Å². The molecule has 21 heavy (non-hydrogen) atoms. The highest BCUT2D eigenvalue weighted by Gasteiger charge is 2.28. The zero-order valence-electron chi connectivity index (χ0n) is 14.2. The Kier molecular flexibility index (Phi) is 6.41. The normalized spacial score (nSPS) is 14.6. The monoisotopic (exact) mass is 291 g/mol. The van der Waals surface area contributed by atoms with E-state index in [2.05, 4.69) is 50.4 Å². The van der Waals surface area contributed by atoms with Crippen molar-refractivity contribution in [3.05, 3.63) is 35.4 Å². The molecule has 0 saturated heterocycles. The Morgan fingerprint density at radius 1 is 1.24 bits per heavy atom. The van der Waals surface area contributed by atoms with Crippen LogP contribution in [0.1, 0.15) is 52.2 Å². The lowest BCUT2D eigenvalue weighted by Crippen LogP contribution is -2.45. The van der Waals surface area contributed by atoms with Crippen LogP contribution in [0, 0.1) is 12.8 Å². The van der Waals surface area contributed by atoms with Crippen molar-refractivity contribution < 1.29 is 9.53 Å². The van der Waals surface area contributed by atoms with Crippen LogP contribution in [-0.2, 0) is 16.1 Å². The molecule has 0 spiro atoms. The van der Waals surface area contributed by atoms with Crippen LogP contribution in [-0.4, -0.2) is 17.6 Å². The highest BCUT2D eigenvalue weighted by atomic mass is 16.6. The number of carbonyl (C=O) groups is 1. The Labute approximate surface area is 129 Å². The van der Waals surface area contributed by atoms with Gasteiger partial charge < -0.3 is 10.1 Å². The van der Waals surface area contributed by atoms with Gasteiger partial charge in [0.1, 0.15) is 11.6 Å². The molecule has 0 aliphatic heterocycles. The number of hydrogen-bond acceptors (Lipinski definition) is 3. The van der Waals surface area contributed by atoms with Crippen molar-refractivity contribution in [2.24, 2.45) is 5.92 Å². The Hall–Kier alpha value is -1.35. The summed E-state index contributed by atoms with van der Waals surface area (Å²) in [5.74, 6) is 0.0780. The standard InChI is InChI=1S/C18H29NO2/c1-7-14(3)16(17(20)21-18(4,5)6)19-12-15-10-8-13(2)9-11-15/h8-11,14,16,19H,7,12H2,1-6H3/t14-,16-/m0/s1. The first kappa shape index (κ1) is 17.7. The summed E-state index contributed by atoms with van der Waals surface area (Å²) in [7, 11) is 0. The maximum Gasteiger partial charge on any atom is 0.323 e. The van der Waals surface area contributed by atoms with Crippen molar-refractivity contribution in [3.8, 4) is 0 Å². The highest BCUT2D eigenvalue weighted by molar-refractivity contribution is 5.76. The molecule has 0 bridgehead atoms. The zero-order chi connectivity index (χ0) is 16.0. The van der Waals surface area contributed by atoms with E-state index in [1.807, 2.05) is 20.8 Å². The Bertz CT molecular complexity index is 445. The van der Waals surface area contributed by atoms with E-state index < -0.39 is 5.60 Å². The number of aryl methyl sites for hydroxylation is 1. The second-order valence-corrected chi connectivity index (χ2v) is 6.76. The predicted octanol–water partition coefficient (Wildman–Crippen LogP) is 3.84. The number of hydrogen-bond donors (Lipinski definition) is 1. The summed E-state index contributed by atoms with van der Waals surface area (Å²) >= 11 is 0. The van der Waals surface area contributed by atoms with Crippen molar-refractivity contribution in [2.75, 3.05) is 0 Å². The third-order valence-electron chi connectivity index (χ3n) is 3.52. The minimum absolute atomic E-state index is 0.163. The first-order chi connectivity index (χ1) is 9.73. The third kappa shape index (κ3) is 6.30. The SMILES string of the molecule is CC[C@H](C)[C@H](NCc1ccc(C)cc1)C(=O)OC(C)(C)C. The first-order valence-corrected chi connectivity index (χ1v) is 7.74. The second kappa shape index (κ2) is 7.60. The van der Waals surface area contributed by atoms with Gasteiger partial charge in [0.05, 0.1) is 0 Å². The lowest BCUT2D eigenvalue weighted by atomic mass is 9.98. The molecule has 0 heterocycles. The zero-order valence-corrected chi connectivity index (χ0v) is 14.2. The second-order valence-electron chi connectivity index (χ2n) is 6.76. The van der Waals surface area contributed by atoms with E-state index in [4.69, 9.17) is 4.74 Å². The molecule has 1 aromatic rings. The van der Waals surface area contributed by atoms with E-state index >= 15 is 0 Å². The van der Waals surface area contributed by atoms with E-state index in [0.717, 1.165) is 6.42 Å². The summed E-state index contributed by atoms with van der Waals surface area (Å²) in [4.78, 5) is 12.3. The molecular formula is C18H29NO2. The average Bonchev–Trinajstić information content (AvgIpc) is 2.38. The molecular weight excluding hydrogens is 262 g/mol. The lowest BCUT2D eigenvalue weighted by molar-refractivity contribution is -0.159. The lowest BCUT2D eigenvalue weighted by Gasteiger charge is -2.27. The van der Waals surface area contributed by atoms with Gasteiger partial charge in [0, 0.05) is 6.54 Å².